The van der Waals surface area contributed by atoms with Crippen molar-refractivity contribution in [3.8, 4) is 0 Å². The maximum atomic E-state index is 13.1. The Kier molecular flexibility index (Phi) is 4.41. The van der Waals surface area contributed by atoms with Gasteiger partial charge in [0, 0.05) is 11.9 Å². The van der Waals surface area contributed by atoms with Gasteiger partial charge < -0.3 is 0 Å². The van der Waals surface area contributed by atoms with E-state index in [4.69, 9.17) is 11.6 Å². The second-order valence-corrected chi connectivity index (χ2v) is 5.61. The minimum atomic E-state index is -0.147. The maximum absolute atomic E-state index is 13.1. The van der Waals surface area contributed by atoms with E-state index >= 15 is 0 Å². The molecule has 1 aromatic carbocycles. The van der Waals surface area contributed by atoms with Gasteiger partial charge >= 0.3 is 0 Å². The number of alkyl halides is 1. The summed E-state index contributed by atoms with van der Waals surface area (Å²) >= 11 is 6.12. The van der Waals surface area contributed by atoms with Crippen molar-refractivity contribution >= 4 is 11.6 Å². The van der Waals surface area contributed by atoms with Gasteiger partial charge in [-0.3, -0.25) is 4.90 Å². The number of piperidine rings is 1. The lowest BCUT2D eigenvalue weighted by Gasteiger charge is -2.33. The molecule has 1 unspecified atom stereocenters. The fraction of sp³-hybridized carbons (Fsp3) is 0.571. The Morgan fingerprint density at radius 2 is 2.12 bits per heavy atom. The van der Waals surface area contributed by atoms with Gasteiger partial charge in [0.15, 0.2) is 0 Å². The van der Waals surface area contributed by atoms with Crippen molar-refractivity contribution < 1.29 is 4.39 Å². The summed E-state index contributed by atoms with van der Waals surface area (Å²) in [7, 11) is 0. The molecule has 1 saturated heterocycles. The Labute approximate surface area is 108 Å². The van der Waals surface area contributed by atoms with E-state index in [-0.39, 0.29) is 11.2 Å². The summed E-state index contributed by atoms with van der Waals surface area (Å²) in [5.74, 6) is 0.493. The van der Waals surface area contributed by atoms with Crippen LogP contribution in [0, 0.1) is 11.7 Å². The summed E-state index contributed by atoms with van der Waals surface area (Å²) in [4.78, 5) is 2.38. The molecule has 1 aliphatic rings. The van der Waals surface area contributed by atoms with Crippen LogP contribution in [0.2, 0.25) is 0 Å². The molecule has 0 saturated carbocycles. The largest absolute Gasteiger partial charge is 0.299 e. The van der Waals surface area contributed by atoms with Crippen LogP contribution in [0.4, 0.5) is 4.39 Å². The fourth-order valence-corrected chi connectivity index (χ4v) is 2.72. The Bertz CT molecular complexity index is 359. The minimum Gasteiger partial charge on any atom is -0.299 e. The summed E-state index contributed by atoms with van der Waals surface area (Å²) in [6.07, 6.45) is 2.31. The van der Waals surface area contributed by atoms with E-state index in [9.17, 15) is 4.39 Å². The highest BCUT2D eigenvalue weighted by Crippen LogP contribution is 2.24. The summed E-state index contributed by atoms with van der Waals surface area (Å²) in [5.41, 5.74) is 1.06. The van der Waals surface area contributed by atoms with E-state index in [1.165, 1.54) is 6.07 Å². The van der Waals surface area contributed by atoms with Crippen molar-refractivity contribution in [1.29, 1.82) is 0 Å². The lowest BCUT2D eigenvalue weighted by molar-refractivity contribution is 0.176. The molecule has 0 radical (unpaired) electrons. The first-order valence-corrected chi connectivity index (χ1v) is 6.69. The molecule has 0 aromatic heterocycles. The summed E-state index contributed by atoms with van der Waals surface area (Å²) in [6, 6.07) is 6.87. The third-order valence-electron chi connectivity index (χ3n) is 3.58. The van der Waals surface area contributed by atoms with Crippen LogP contribution >= 0.6 is 11.6 Å². The molecular weight excluding hydrogens is 237 g/mol. The van der Waals surface area contributed by atoms with Gasteiger partial charge in [-0.15, -0.1) is 11.6 Å². The monoisotopic (exact) mass is 255 g/mol. The van der Waals surface area contributed by atoms with Gasteiger partial charge in [-0.2, -0.15) is 0 Å². The summed E-state index contributed by atoms with van der Waals surface area (Å²) < 4.78 is 13.1. The van der Waals surface area contributed by atoms with Gasteiger partial charge in [0.2, 0.25) is 0 Å². The molecule has 0 N–H and O–H groups in total. The Morgan fingerprint density at radius 3 is 2.71 bits per heavy atom. The number of likely N-dealkylation sites (tertiary alicyclic amines) is 1. The standard InChI is InChI=1S/C14H19ClFN/c1-11(15)13-5-7-17(8-6-13)10-12-3-2-4-14(16)9-12/h2-4,9,11,13H,5-8,10H2,1H3. The van der Waals surface area contributed by atoms with E-state index in [0.29, 0.717) is 5.92 Å². The lowest BCUT2D eigenvalue weighted by Crippen LogP contribution is -2.35. The molecule has 3 heteroatoms. The van der Waals surface area contributed by atoms with Crippen LogP contribution in [0.5, 0.6) is 0 Å². The lowest BCUT2D eigenvalue weighted by atomic mass is 9.94. The minimum absolute atomic E-state index is 0.147. The second kappa shape index (κ2) is 5.83. The normalized spacial score (nSPS) is 20.4. The molecule has 1 atom stereocenters. The van der Waals surface area contributed by atoms with E-state index in [1.54, 1.807) is 12.1 Å². The van der Waals surface area contributed by atoms with Gasteiger partial charge in [0.05, 0.1) is 0 Å². The van der Waals surface area contributed by atoms with Gasteiger partial charge in [0.25, 0.3) is 0 Å². The Morgan fingerprint density at radius 1 is 1.41 bits per heavy atom. The molecular formula is C14H19ClFN. The molecule has 17 heavy (non-hydrogen) atoms. The molecule has 1 aliphatic heterocycles. The van der Waals surface area contributed by atoms with Crippen molar-refractivity contribution in [2.45, 2.75) is 31.7 Å². The topological polar surface area (TPSA) is 3.24 Å². The van der Waals surface area contributed by atoms with E-state index in [0.717, 1.165) is 38.0 Å². The third kappa shape index (κ3) is 3.68. The third-order valence-corrected chi connectivity index (χ3v) is 3.93. The van der Waals surface area contributed by atoms with Crippen molar-refractivity contribution in [3.05, 3.63) is 35.6 Å². The molecule has 1 nitrogen and oxygen atoms in total. The van der Waals surface area contributed by atoms with Crippen molar-refractivity contribution in [2.24, 2.45) is 5.92 Å². The van der Waals surface area contributed by atoms with Crippen LogP contribution in [0.3, 0.4) is 0 Å². The zero-order chi connectivity index (χ0) is 12.3. The predicted octanol–water partition coefficient (Wildman–Crippen LogP) is 3.67. The first kappa shape index (κ1) is 12.8. The predicted molar refractivity (Wildman–Crippen MR) is 69.7 cm³/mol. The Hall–Kier alpha value is -0.600. The zero-order valence-electron chi connectivity index (χ0n) is 10.2. The number of halogens is 2. The molecule has 0 bridgehead atoms. The summed E-state index contributed by atoms with van der Waals surface area (Å²) in [6.45, 7) is 5.06. The van der Waals surface area contributed by atoms with Crippen molar-refractivity contribution in [1.82, 2.24) is 4.90 Å². The highest BCUT2D eigenvalue weighted by molar-refractivity contribution is 6.20. The van der Waals surface area contributed by atoms with Crippen LogP contribution in [0.15, 0.2) is 24.3 Å². The average molecular weight is 256 g/mol. The highest BCUT2D eigenvalue weighted by atomic mass is 35.5. The van der Waals surface area contributed by atoms with Crippen LogP contribution in [-0.2, 0) is 6.54 Å². The SMILES string of the molecule is CC(Cl)C1CCN(Cc2cccc(F)c2)CC1. The first-order valence-electron chi connectivity index (χ1n) is 6.26. The first-order chi connectivity index (χ1) is 8.15. The van der Waals surface area contributed by atoms with E-state index in [1.807, 2.05) is 6.07 Å². The maximum Gasteiger partial charge on any atom is 0.123 e. The fourth-order valence-electron chi connectivity index (χ4n) is 2.46. The molecule has 2 rings (SSSR count). The number of nitrogens with zero attached hydrogens (tertiary/aromatic N) is 1. The van der Waals surface area contributed by atoms with Crippen LogP contribution < -0.4 is 0 Å². The van der Waals surface area contributed by atoms with E-state index < -0.39 is 0 Å². The van der Waals surface area contributed by atoms with Crippen LogP contribution in [0.25, 0.3) is 0 Å². The molecule has 0 spiro atoms. The van der Waals surface area contributed by atoms with Crippen LogP contribution in [0.1, 0.15) is 25.3 Å². The summed E-state index contributed by atoms with van der Waals surface area (Å²) in [5, 5.41) is 0.270. The van der Waals surface area contributed by atoms with E-state index in [2.05, 4.69) is 11.8 Å². The van der Waals surface area contributed by atoms with Gasteiger partial charge in [0.1, 0.15) is 5.82 Å². The zero-order valence-corrected chi connectivity index (χ0v) is 11.0. The van der Waals surface area contributed by atoms with Crippen molar-refractivity contribution in [3.63, 3.8) is 0 Å². The van der Waals surface area contributed by atoms with Crippen LogP contribution in [-0.4, -0.2) is 23.4 Å². The number of hydrogen-bond donors (Lipinski definition) is 0. The van der Waals surface area contributed by atoms with Gasteiger partial charge in [-0.1, -0.05) is 12.1 Å². The molecule has 1 aromatic rings. The smallest absolute Gasteiger partial charge is 0.123 e. The Balaban J connectivity index is 1.86. The molecule has 94 valence electrons. The second-order valence-electron chi connectivity index (χ2n) is 4.92. The number of rotatable bonds is 3. The molecule has 1 fully saturated rings. The quantitative estimate of drug-likeness (QED) is 0.745. The molecule has 0 amide bonds. The average Bonchev–Trinajstić information content (AvgIpc) is 2.29. The highest BCUT2D eigenvalue weighted by Gasteiger charge is 2.22. The number of hydrogen-bond acceptors (Lipinski definition) is 1. The van der Waals surface area contributed by atoms with Gasteiger partial charge in [-0.25, -0.2) is 4.39 Å². The molecule has 1 heterocycles. The van der Waals surface area contributed by atoms with Gasteiger partial charge in [-0.05, 0) is 56.5 Å². The molecule has 0 aliphatic carbocycles. The number of benzene rings is 1. The van der Waals surface area contributed by atoms with Crippen molar-refractivity contribution in [2.75, 3.05) is 13.1 Å².